The van der Waals surface area contributed by atoms with E-state index >= 15 is 0 Å². The average molecular weight is 284 g/mol. The molecule has 0 spiro atoms. The lowest BCUT2D eigenvalue weighted by Crippen LogP contribution is -2.44. The number of amides is 1. The van der Waals surface area contributed by atoms with Crippen molar-refractivity contribution in [2.24, 2.45) is 11.7 Å². The van der Waals surface area contributed by atoms with E-state index in [9.17, 15) is 4.79 Å². The Kier molecular flexibility index (Phi) is 6.02. The highest BCUT2D eigenvalue weighted by atomic mass is 32.2. The van der Waals surface area contributed by atoms with Gasteiger partial charge in [0.05, 0.1) is 0 Å². The molecule has 1 aliphatic carbocycles. The number of hydrogen-bond donors (Lipinski definition) is 1. The van der Waals surface area contributed by atoms with Crippen LogP contribution in [-0.4, -0.2) is 40.9 Å². The molecule has 110 valence electrons. The van der Waals surface area contributed by atoms with Crippen LogP contribution in [-0.2, 0) is 4.79 Å². The molecule has 0 aromatic rings. The van der Waals surface area contributed by atoms with E-state index in [1.54, 1.807) is 0 Å². The average Bonchev–Trinajstić information content (AvgIpc) is 2.43. The third kappa shape index (κ3) is 4.38. The van der Waals surface area contributed by atoms with E-state index < -0.39 is 0 Å². The summed E-state index contributed by atoms with van der Waals surface area (Å²) in [4.78, 5) is 14.6. The van der Waals surface area contributed by atoms with Gasteiger partial charge in [-0.15, -0.1) is 0 Å². The van der Waals surface area contributed by atoms with Gasteiger partial charge < -0.3 is 10.6 Å². The third-order valence-electron chi connectivity index (χ3n) is 4.65. The summed E-state index contributed by atoms with van der Waals surface area (Å²) in [5, 5.41) is 0. The normalized spacial score (nSPS) is 29.2. The van der Waals surface area contributed by atoms with Crippen LogP contribution in [0.25, 0.3) is 0 Å². The van der Waals surface area contributed by atoms with Gasteiger partial charge in [-0.2, -0.15) is 11.8 Å². The molecule has 0 aromatic heterocycles. The number of carbonyl (C=O) groups is 1. The Bertz CT molecular complexity index is 284. The van der Waals surface area contributed by atoms with Gasteiger partial charge in [0.1, 0.15) is 0 Å². The topological polar surface area (TPSA) is 46.3 Å². The van der Waals surface area contributed by atoms with Gasteiger partial charge in [-0.3, -0.25) is 4.79 Å². The van der Waals surface area contributed by atoms with Gasteiger partial charge in [-0.1, -0.05) is 0 Å². The first kappa shape index (κ1) is 15.2. The van der Waals surface area contributed by atoms with Crippen LogP contribution in [0, 0.1) is 5.92 Å². The Morgan fingerprint density at radius 2 is 1.79 bits per heavy atom. The van der Waals surface area contributed by atoms with Gasteiger partial charge in [0, 0.05) is 25.0 Å². The van der Waals surface area contributed by atoms with Crippen LogP contribution in [0.4, 0.5) is 0 Å². The highest BCUT2D eigenvalue weighted by Crippen LogP contribution is 2.28. The smallest absolute Gasteiger partial charge is 0.223 e. The number of nitrogens with two attached hydrogens (primary N) is 1. The fourth-order valence-corrected chi connectivity index (χ4v) is 4.57. The molecule has 3 nitrogen and oxygen atoms in total. The fraction of sp³-hybridized carbons (Fsp3) is 0.933. The first-order valence-electron chi connectivity index (χ1n) is 7.83. The maximum Gasteiger partial charge on any atom is 0.223 e. The molecule has 19 heavy (non-hydrogen) atoms. The molecule has 2 aliphatic rings. The molecule has 0 unspecified atom stereocenters. The maximum atomic E-state index is 12.5. The van der Waals surface area contributed by atoms with Gasteiger partial charge in [0.25, 0.3) is 0 Å². The molecule has 1 saturated heterocycles. The molecule has 0 atom stereocenters. The van der Waals surface area contributed by atoms with E-state index in [4.69, 9.17) is 5.73 Å². The third-order valence-corrected chi connectivity index (χ3v) is 5.70. The summed E-state index contributed by atoms with van der Waals surface area (Å²) in [7, 11) is 0. The van der Waals surface area contributed by atoms with Gasteiger partial charge >= 0.3 is 0 Å². The molecule has 0 aromatic carbocycles. The lowest BCUT2D eigenvalue weighted by Gasteiger charge is -2.36. The maximum absolute atomic E-state index is 12.5. The molecule has 1 amide bonds. The Hall–Kier alpha value is -0.220. The van der Waals surface area contributed by atoms with Crippen LogP contribution >= 0.6 is 11.8 Å². The van der Waals surface area contributed by atoms with Crippen LogP contribution in [0.1, 0.15) is 51.9 Å². The van der Waals surface area contributed by atoms with Crippen LogP contribution in [0.5, 0.6) is 0 Å². The van der Waals surface area contributed by atoms with Crippen molar-refractivity contribution in [3.63, 3.8) is 0 Å². The standard InChI is InChI=1S/C15H28N2OS/c1-2-17(14-5-3-13(16)4-6-14)15(18)11-12-7-9-19-10-8-12/h12-14H,2-11,16H2,1H3. The van der Waals surface area contributed by atoms with E-state index in [1.807, 2.05) is 11.8 Å². The zero-order chi connectivity index (χ0) is 13.7. The summed E-state index contributed by atoms with van der Waals surface area (Å²) in [5.41, 5.74) is 5.96. The van der Waals surface area contributed by atoms with Crippen molar-refractivity contribution in [3.05, 3.63) is 0 Å². The first-order valence-corrected chi connectivity index (χ1v) is 8.99. The molecule has 2 fully saturated rings. The molecular formula is C15H28N2OS. The Morgan fingerprint density at radius 1 is 1.16 bits per heavy atom. The van der Waals surface area contributed by atoms with E-state index in [1.165, 1.54) is 24.3 Å². The van der Waals surface area contributed by atoms with Crippen molar-refractivity contribution < 1.29 is 4.79 Å². The second-order valence-electron chi connectivity index (χ2n) is 6.01. The van der Waals surface area contributed by atoms with Crippen molar-refractivity contribution in [1.29, 1.82) is 0 Å². The Labute approximate surface area is 121 Å². The number of hydrogen-bond acceptors (Lipinski definition) is 3. The predicted molar refractivity (Wildman–Crippen MR) is 82.3 cm³/mol. The highest BCUT2D eigenvalue weighted by molar-refractivity contribution is 7.99. The van der Waals surface area contributed by atoms with Crippen LogP contribution in [0.2, 0.25) is 0 Å². The SMILES string of the molecule is CCN(C(=O)CC1CCSCC1)C1CCC(N)CC1. The van der Waals surface area contributed by atoms with Crippen molar-refractivity contribution in [3.8, 4) is 0 Å². The molecule has 4 heteroatoms. The van der Waals surface area contributed by atoms with Gasteiger partial charge in [0.2, 0.25) is 5.91 Å². The van der Waals surface area contributed by atoms with E-state index in [0.717, 1.165) is 38.6 Å². The Balaban J connectivity index is 1.83. The number of rotatable bonds is 4. The number of nitrogens with zero attached hydrogens (tertiary/aromatic N) is 1. The van der Waals surface area contributed by atoms with Crippen molar-refractivity contribution in [2.75, 3.05) is 18.1 Å². The van der Waals surface area contributed by atoms with Crippen LogP contribution in [0.15, 0.2) is 0 Å². The van der Waals surface area contributed by atoms with Gasteiger partial charge in [0.15, 0.2) is 0 Å². The lowest BCUT2D eigenvalue weighted by molar-refractivity contribution is -0.135. The lowest BCUT2D eigenvalue weighted by atomic mass is 9.90. The minimum Gasteiger partial charge on any atom is -0.340 e. The van der Waals surface area contributed by atoms with Gasteiger partial charge in [-0.25, -0.2) is 0 Å². The van der Waals surface area contributed by atoms with Crippen molar-refractivity contribution in [2.45, 2.75) is 64.0 Å². The van der Waals surface area contributed by atoms with E-state index in [-0.39, 0.29) is 0 Å². The second-order valence-corrected chi connectivity index (χ2v) is 7.23. The van der Waals surface area contributed by atoms with Crippen LogP contribution in [0.3, 0.4) is 0 Å². The summed E-state index contributed by atoms with van der Waals surface area (Å²) in [5.74, 6) is 3.50. The molecule has 2 rings (SSSR count). The predicted octanol–water partition coefficient (Wildman–Crippen LogP) is 2.64. The van der Waals surface area contributed by atoms with E-state index in [2.05, 4.69) is 11.8 Å². The van der Waals surface area contributed by atoms with Crippen LogP contribution < -0.4 is 5.73 Å². The summed E-state index contributed by atoms with van der Waals surface area (Å²) in [6.07, 6.45) is 7.58. The molecule has 0 bridgehead atoms. The first-order chi connectivity index (χ1) is 9.20. The number of thioether (sulfide) groups is 1. The Morgan fingerprint density at radius 3 is 2.37 bits per heavy atom. The second kappa shape index (κ2) is 7.53. The summed E-state index contributed by atoms with van der Waals surface area (Å²) >= 11 is 2.03. The molecule has 1 aliphatic heterocycles. The monoisotopic (exact) mass is 284 g/mol. The minimum absolute atomic E-state index is 0.362. The summed E-state index contributed by atoms with van der Waals surface area (Å²) in [6, 6.07) is 0.815. The largest absolute Gasteiger partial charge is 0.340 e. The molecule has 1 saturated carbocycles. The molecular weight excluding hydrogens is 256 g/mol. The molecule has 2 N–H and O–H groups in total. The summed E-state index contributed by atoms with van der Waals surface area (Å²) in [6.45, 7) is 2.98. The quantitative estimate of drug-likeness (QED) is 0.863. The fourth-order valence-electron chi connectivity index (χ4n) is 3.37. The zero-order valence-electron chi connectivity index (χ0n) is 12.1. The zero-order valence-corrected chi connectivity index (χ0v) is 13.0. The summed E-state index contributed by atoms with van der Waals surface area (Å²) < 4.78 is 0. The molecule has 0 radical (unpaired) electrons. The van der Waals surface area contributed by atoms with Crippen molar-refractivity contribution in [1.82, 2.24) is 4.90 Å². The van der Waals surface area contributed by atoms with Gasteiger partial charge in [-0.05, 0) is 62.9 Å². The van der Waals surface area contributed by atoms with E-state index in [0.29, 0.717) is 23.9 Å². The molecule has 1 heterocycles. The number of carbonyl (C=O) groups excluding carboxylic acids is 1. The van der Waals surface area contributed by atoms with Crippen molar-refractivity contribution >= 4 is 17.7 Å². The highest BCUT2D eigenvalue weighted by Gasteiger charge is 2.28. The minimum atomic E-state index is 0.362.